The van der Waals surface area contributed by atoms with E-state index < -0.39 is 0 Å². The smallest absolute Gasteiger partial charge is 0.228 e. The van der Waals surface area contributed by atoms with E-state index in [2.05, 4.69) is 63.3 Å². The summed E-state index contributed by atoms with van der Waals surface area (Å²) in [5.74, 6) is 1.46. The molecule has 1 saturated carbocycles. The Morgan fingerprint density at radius 1 is 1.15 bits per heavy atom. The topological polar surface area (TPSA) is 79.4 Å². The standard InChI is InChI=1S/C26H29N5O2/c1-16-15-31(10-11-33-16)20-8-6-18(7-9-20)17(2)22-13-29-25(27-3)23-14-28-24(12-21(22)23)30-26(32)19-4-5-19/h6-9,12-14,16,19H,2,4-5,10-11,15H2,1,3H3,(H,27,29)(H,28,30,32). The molecule has 2 aromatic heterocycles. The molecule has 7 heteroatoms. The highest BCUT2D eigenvalue weighted by atomic mass is 16.5. The van der Waals surface area contributed by atoms with Gasteiger partial charge in [0.1, 0.15) is 11.6 Å². The van der Waals surface area contributed by atoms with Gasteiger partial charge in [-0.3, -0.25) is 4.79 Å². The van der Waals surface area contributed by atoms with Gasteiger partial charge in [0.2, 0.25) is 5.91 Å². The van der Waals surface area contributed by atoms with Gasteiger partial charge in [-0.25, -0.2) is 9.97 Å². The van der Waals surface area contributed by atoms with Crippen LogP contribution in [0.4, 0.5) is 17.3 Å². The van der Waals surface area contributed by atoms with Gasteiger partial charge in [0.15, 0.2) is 0 Å². The number of hydrogen-bond donors (Lipinski definition) is 2. The van der Waals surface area contributed by atoms with Crippen molar-refractivity contribution in [3.8, 4) is 0 Å². The molecule has 2 N–H and O–H groups in total. The molecular formula is C26H29N5O2. The fourth-order valence-electron chi connectivity index (χ4n) is 4.30. The normalized spacial score (nSPS) is 18.2. The van der Waals surface area contributed by atoms with E-state index in [-0.39, 0.29) is 17.9 Å². The number of amides is 1. The molecule has 1 atom stereocenters. The average Bonchev–Trinajstić information content (AvgIpc) is 3.69. The maximum absolute atomic E-state index is 12.3. The van der Waals surface area contributed by atoms with E-state index in [9.17, 15) is 4.79 Å². The lowest BCUT2D eigenvalue weighted by Gasteiger charge is -2.33. The summed E-state index contributed by atoms with van der Waals surface area (Å²) in [5, 5.41) is 7.92. The number of carbonyl (C=O) groups excluding carboxylic acids is 1. The summed E-state index contributed by atoms with van der Waals surface area (Å²) < 4.78 is 5.66. The van der Waals surface area contributed by atoms with Gasteiger partial charge in [0.05, 0.1) is 12.7 Å². The molecular weight excluding hydrogens is 414 g/mol. The van der Waals surface area contributed by atoms with E-state index in [1.807, 2.05) is 19.3 Å². The molecule has 5 rings (SSSR count). The van der Waals surface area contributed by atoms with Crippen molar-refractivity contribution in [3.05, 3.63) is 60.4 Å². The molecule has 1 unspecified atom stereocenters. The predicted octanol–water partition coefficient (Wildman–Crippen LogP) is 4.31. The zero-order valence-corrected chi connectivity index (χ0v) is 19.1. The molecule has 1 aromatic carbocycles. The number of hydrogen-bond acceptors (Lipinski definition) is 6. The van der Waals surface area contributed by atoms with Crippen molar-refractivity contribution in [2.24, 2.45) is 5.92 Å². The zero-order valence-electron chi connectivity index (χ0n) is 19.1. The predicted molar refractivity (Wildman–Crippen MR) is 133 cm³/mol. The van der Waals surface area contributed by atoms with Crippen LogP contribution in [-0.2, 0) is 9.53 Å². The third-order valence-corrected chi connectivity index (χ3v) is 6.36. The van der Waals surface area contributed by atoms with Crippen LogP contribution in [-0.4, -0.2) is 48.7 Å². The molecule has 0 spiro atoms. The number of carbonyl (C=O) groups is 1. The van der Waals surface area contributed by atoms with Crippen LogP contribution in [0.3, 0.4) is 0 Å². The Morgan fingerprint density at radius 2 is 1.94 bits per heavy atom. The zero-order chi connectivity index (χ0) is 22.9. The summed E-state index contributed by atoms with van der Waals surface area (Å²) in [6, 6.07) is 10.4. The number of aromatic nitrogens is 2. The summed E-state index contributed by atoms with van der Waals surface area (Å²) in [5.41, 5.74) is 4.01. The lowest BCUT2D eigenvalue weighted by atomic mass is 9.96. The van der Waals surface area contributed by atoms with Gasteiger partial charge in [-0.2, -0.15) is 0 Å². The lowest BCUT2D eigenvalue weighted by Crippen LogP contribution is -2.41. The third-order valence-electron chi connectivity index (χ3n) is 6.36. The van der Waals surface area contributed by atoms with E-state index in [4.69, 9.17) is 4.74 Å². The van der Waals surface area contributed by atoms with E-state index in [0.717, 1.165) is 65.8 Å². The fourth-order valence-corrected chi connectivity index (χ4v) is 4.30. The second-order valence-corrected chi connectivity index (χ2v) is 8.80. The van der Waals surface area contributed by atoms with Crippen molar-refractivity contribution in [1.29, 1.82) is 0 Å². The molecule has 3 heterocycles. The number of benzene rings is 1. The first-order valence-corrected chi connectivity index (χ1v) is 11.5. The van der Waals surface area contributed by atoms with Gasteiger partial charge in [-0.15, -0.1) is 0 Å². The van der Waals surface area contributed by atoms with Crippen LogP contribution < -0.4 is 15.5 Å². The van der Waals surface area contributed by atoms with Crippen molar-refractivity contribution in [3.63, 3.8) is 0 Å². The SMILES string of the molecule is C=C(c1ccc(N2CCOC(C)C2)cc1)c1cnc(NC)c2cnc(NC(=O)C3CC3)cc12. The number of fused-ring (bicyclic) bond motifs is 1. The van der Waals surface area contributed by atoms with Gasteiger partial charge >= 0.3 is 0 Å². The Balaban J connectivity index is 1.46. The average molecular weight is 444 g/mol. The first-order valence-electron chi connectivity index (χ1n) is 11.5. The van der Waals surface area contributed by atoms with Crippen molar-refractivity contribution < 1.29 is 9.53 Å². The van der Waals surface area contributed by atoms with Crippen LogP contribution in [0.1, 0.15) is 30.9 Å². The third kappa shape index (κ3) is 4.41. The van der Waals surface area contributed by atoms with Crippen LogP contribution in [0.25, 0.3) is 16.3 Å². The molecule has 0 bridgehead atoms. The number of morpholine rings is 1. The van der Waals surface area contributed by atoms with Crippen molar-refractivity contribution in [2.75, 3.05) is 42.3 Å². The van der Waals surface area contributed by atoms with Crippen LogP contribution in [0, 0.1) is 5.92 Å². The molecule has 1 aliphatic carbocycles. The van der Waals surface area contributed by atoms with E-state index in [1.54, 1.807) is 6.20 Å². The van der Waals surface area contributed by atoms with Crippen molar-refractivity contribution >= 4 is 39.6 Å². The highest BCUT2D eigenvalue weighted by Crippen LogP contribution is 2.34. The maximum Gasteiger partial charge on any atom is 0.228 e. The Labute approximate surface area is 193 Å². The van der Waals surface area contributed by atoms with Crippen LogP contribution in [0.2, 0.25) is 0 Å². The first kappa shape index (κ1) is 21.4. The fraction of sp³-hybridized carbons (Fsp3) is 0.346. The Hall–Kier alpha value is -3.45. The Bertz CT molecular complexity index is 1200. The number of nitrogens with zero attached hydrogens (tertiary/aromatic N) is 3. The molecule has 1 amide bonds. The van der Waals surface area contributed by atoms with Gasteiger partial charge in [0.25, 0.3) is 0 Å². The van der Waals surface area contributed by atoms with Crippen LogP contribution in [0.15, 0.2) is 49.3 Å². The number of anilines is 3. The van der Waals surface area contributed by atoms with Gasteiger partial charge < -0.3 is 20.3 Å². The first-order chi connectivity index (χ1) is 16.0. The van der Waals surface area contributed by atoms with E-state index in [1.165, 1.54) is 5.69 Å². The maximum atomic E-state index is 12.3. The molecule has 170 valence electrons. The minimum Gasteiger partial charge on any atom is -0.375 e. The number of rotatable bonds is 6. The molecule has 2 fully saturated rings. The molecule has 3 aromatic rings. The number of nitrogens with one attached hydrogen (secondary N) is 2. The van der Waals surface area contributed by atoms with E-state index in [0.29, 0.717) is 5.82 Å². The highest BCUT2D eigenvalue weighted by molar-refractivity contribution is 6.03. The van der Waals surface area contributed by atoms with Crippen LogP contribution in [0.5, 0.6) is 0 Å². The quantitative estimate of drug-likeness (QED) is 0.591. The second-order valence-electron chi connectivity index (χ2n) is 8.80. The van der Waals surface area contributed by atoms with Crippen LogP contribution >= 0.6 is 0 Å². The molecule has 1 saturated heterocycles. The summed E-state index contributed by atoms with van der Waals surface area (Å²) in [4.78, 5) is 23.6. The molecule has 33 heavy (non-hydrogen) atoms. The van der Waals surface area contributed by atoms with Gasteiger partial charge in [0, 0.05) is 55.1 Å². The van der Waals surface area contributed by atoms with E-state index >= 15 is 0 Å². The monoisotopic (exact) mass is 443 g/mol. The van der Waals surface area contributed by atoms with Gasteiger partial charge in [-0.1, -0.05) is 18.7 Å². The molecule has 1 aliphatic heterocycles. The van der Waals surface area contributed by atoms with Crippen molar-refractivity contribution in [2.45, 2.75) is 25.9 Å². The minimum absolute atomic E-state index is 0.0399. The Kier molecular flexibility index (Phi) is 5.72. The van der Waals surface area contributed by atoms with Gasteiger partial charge in [-0.05, 0) is 54.5 Å². The number of pyridine rings is 2. The van der Waals surface area contributed by atoms with Crippen molar-refractivity contribution in [1.82, 2.24) is 9.97 Å². The molecule has 0 radical (unpaired) electrons. The molecule has 7 nitrogen and oxygen atoms in total. The summed E-state index contributed by atoms with van der Waals surface area (Å²) in [6.07, 6.45) is 5.74. The molecule has 2 aliphatic rings. The largest absolute Gasteiger partial charge is 0.375 e. The summed E-state index contributed by atoms with van der Waals surface area (Å²) in [6.45, 7) is 9.02. The lowest BCUT2D eigenvalue weighted by molar-refractivity contribution is -0.117. The Morgan fingerprint density at radius 3 is 2.64 bits per heavy atom. The second kappa shape index (κ2) is 8.83. The summed E-state index contributed by atoms with van der Waals surface area (Å²) >= 11 is 0. The number of ether oxygens (including phenoxy) is 1. The summed E-state index contributed by atoms with van der Waals surface area (Å²) in [7, 11) is 1.84. The highest BCUT2D eigenvalue weighted by Gasteiger charge is 2.30. The minimum atomic E-state index is 0.0399.